The van der Waals surface area contributed by atoms with E-state index in [4.69, 9.17) is 16.4 Å². The van der Waals surface area contributed by atoms with Gasteiger partial charge in [-0.1, -0.05) is 63.9 Å². The highest BCUT2D eigenvalue weighted by Gasteiger charge is 2.60. The topological polar surface area (TPSA) is 49.9 Å². The van der Waals surface area contributed by atoms with Crippen molar-refractivity contribution < 1.29 is 14.4 Å². The van der Waals surface area contributed by atoms with Gasteiger partial charge in [-0.15, -0.1) is 0 Å². The van der Waals surface area contributed by atoms with Gasteiger partial charge in [0.1, 0.15) is 5.92 Å². The Morgan fingerprint density at radius 1 is 0.833 bits per heavy atom. The van der Waals surface area contributed by atoms with Crippen LogP contribution >= 0.6 is 27.5 Å². The number of carbonyl (C=O) groups is 2. The van der Waals surface area contributed by atoms with Gasteiger partial charge in [-0.2, -0.15) is 0 Å². The molecule has 2 aliphatic rings. The molecule has 0 bridgehead atoms. The number of halogens is 2. The van der Waals surface area contributed by atoms with E-state index >= 15 is 0 Å². The quantitative estimate of drug-likeness (QED) is 0.483. The van der Waals surface area contributed by atoms with Crippen molar-refractivity contribution >= 4 is 50.7 Å². The molecule has 0 radical (unpaired) electrons. The molecule has 150 valence electrons. The van der Waals surface area contributed by atoms with E-state index in [-0.39, 0.29) is 11.8 Å². The molecule has 0 saturated carbocycles. The fourth-order valence-corrected chi connectivity index (χ4v) is 4.59. The maximum Gasteiger partial charge on any atom is 0.266 e. The molecule has 3 aromatic rings. The molecule has 2 saturated heterocycles. The molecule has 3 unspecified atom stereocenters. The molecule has 3 atom stereocenters. The van der Waals surface area contributed by atoms with E-state index in [9.17, 15) is 9.59 Å². The Hall–Kier alpha value is -2.67. The molecule has 30 heavy (non-hydrogen) atoms. The van der Waals surface area contributed by atoms with Crippen LogP contribution in [-0.2, 0) is 14.4 Å². The summed E-state index contributed by atoms with van der Waals surface area (Å²) in [5.74, 6) is -1.31. The van der Waals surface area contributed by atoms with E-state index in [1.54, 1.807) is 35.4 Å². The van der Waals surface area contributed by atoms with Crippen LogP contribution in [-0.4, -0.2) is 17.9 Å². The minimum Gasteiger partial charge on any atom is -0.273 e. The largest absolute Gasteiger partial charge is 0.273 e. The van der Waals surface area contributed by atoms with Gasteiger partial charge in [0, 0.05) is 9.50 Å². The lowest BCUT2D eigenvalue weighted by Crippen LogP contribution is -2.37. The van der Waals surface area contributed by atoms with Crippen LogP contribution in [0.25, 0.3) is 0 Å². The molecule has 2 fully saturated rings. The van der Waals surface area contributed by atoms with Crippen molar-refractivity contribution in [2.75, 3.05) is 9.96 Å². The molecule has 0 N–H and O–H groups in total. The number of imide groups is 1. The smallest absolute Gasteiger partial charge is 0.266 e. The summed E-state index contributed by atoms with van der Waals surface area (Å²) in [7, 11) is 0. The van der Waals surface area contributed by atoms with Crippen molar-refractivity contribution in [3.05, 3.63) is 93.9 Å². The van der Waals surface area contributed by atoms with Gasteiger partial charge in [0.2, 0.25) is 5.91 Å². The summed E-state index contributed by atoms with van der Waals surface area (Å²) in [6.45, 7) is 0. The standard InChI is InChI=1S/C23H16BrClN2O3/c24-15-5-4-8-18(13-15)26-22(28)19-20(14-9-11-16(25)12-10-14)27(30-21(19)23(26)29)17-6-2-1-3-7-17/h1-13,19-21H. The first kappa shape index (κ1) is 19.3. The molecule has 3 aromatic carbocycles. The fourth-order valence-electron chi connectivity index (χ4n) is 4.08. The molecular formula is C23H16BrClN2O3. The molecule has 5 rings (SSSR count). The second-order valence-electron chi connectivity index (χ2n) is 7.20. The summed E-state index contributed by atoms with van der Waals surface area (Å²) in [4.78, 5) is 34.1. The average Bonchev–Trinajstić information content (AvgIpc) is 3.26. The first-order valence-corrected chi connectivity index (χ1v) is 10.6. The molecule has 0 aromatic heterocycles. The summed E-state index contributed by atoms with van der Waals surface area (Å²) in [6, 6.07) is 23.5. The number of hydrogen-bond donors (Lipinski definition) is 0. The third kappa shape index (κ3) is 3.12. The van der Waals surface area contributed by atoms with Crippen LogP contribution in [0.3, 0.4) is 0 Å². The highest BCUT2D eigenvalue weighted by atomic mass is 79.9. The number of rotatable bonds is 3. The average molecular weight is 484 g/mol. The van der Waals surface area contributed by atoms with Crippen LogP contribution < -0.4 is 9.96 Å². The minimum absolute atomic E-state index is 0.276. The summed E-state index contributed by atoms with van der Waals surface area (Å²) in [6.07, 6.45) is -0.891. The summed E-state index contributed by atoms with van der Waals surface area (Å²) in [5, 5.41) is 2.28. The maximum absolute atomic E-state index is 13.5. The van der Waals surface area contributed by atoms with Crippen molar-refractivity contribution in [2.24, 2.45) is 5.92 Å². The van der Waals surface area contributed by atoms with Gasteiger partial charge in [-0.05, 0) is 48.0 Å². The number of benzene rings is 3. The predicted molar refractivity (Wildman–Crippen MR) is 118 cm³/mol. The van der Waals surface area contributed by atoms with E-state index in [2.05, 4.69) is 15.9 Å². The van der Waals surface area contributed by atoms with Crippen LogP contribution in [0.2, 0.25) is 5.02 Å². The van der Waals surface area contributed by atoms with Crippen molar-refractivity contribution in [2.45, 2.75) is 12.1 Å². The summed E-state index contributed by atoms with van der Waals surface area (Å²) < 4.78 is 0.791. The lowest BCUT2D eigenvalue weighted by atomic mass is 9.90. The van der Waals surface area contributed by atoms with Gasteiger partial charge in [-0.25, -0.2) is 9.96 Å². The fraction of sp³-hybridized carbons (Fsp3) is 0.130. The highest BCUT2D eigenvalue weighted by Crippen LogP contribution is 2.47. The normalized spacial score (nSPS) is 23.2. The van der Waals surface area contributed by atoms with Crippen LogP contribution in [0.1, 0.15) is 11.6 Å². The third-order valence-electron chi connectivity index (χ3n) is 5.40. The Kier molecular flexibility index (Phi) is 4.85. The number of amides is 2. The van der Waals surface area contributed by atoms with E-state index in [0.717, 1.165) is 15.7 Å². The molecule has 2 aliphatic heterocycles. The first-order valence-electron chi connectivity index (χ1n) is 9.44. The van der Waals surface area contributed by atoms with E-state index < -0.39 is 18.1 Å². The minimum atomic E-state index is -0.891. The van der Waals surface area contributed by atoms with Gasteiger partial charge in [0.15, 0.2) is 6.10 Å². The number of carbonyl (C=O) groups excluding carboxylic acids is 2. The number of hydrogen-bond acceptors (Lipinski definition) is 4. The molecule has 2 amide bonds. The van der Waals surface area contributed by atoms with Crippen LogP contribution in [0.5, 0.6) is 0 Å². The number of para-hydroxylation sites is 1. The summed E-state index contributed by atoms with van der Waals surface area (Å²) in [5.41, 5.74) is 2.16. The van der Waals surface area contributed by atoms with Crippen molar-refractivity contribution in [1.29, 1.82) is 0 Å². The van der Waals surface area contributed by atoms with Gasteiger partial charge < -0.3 is 0 Å². The van der Waals surface area contributed by atoms with Crippen molar-refractivity contribution in [3.63, 3.8) is 0 Å². The molecule has 0 aliphatic carbocycles. The number of hydroxylamine groups is 1. The second-order valence-corrected chi connectivity index (χ2v) is 8.55. The lowest BCUT2D eigenvalue weighted by molar-refractivity contribution is -0.126. The molecule has 5 nitrogen and oxygen atoms in total. The van der Waals surface area contributed by atoms with Crippen LogP contribution in [0.15, 0.2) is 83.3 Å². The van der Waals surface area contributed by atoms with E-state index in [0.29, 0.717) is 10.7 Å². The lowest BCUT2D eigenvalue weighted by Gasteiger charge is -2.28. The number of anilines is 2. The zero-order valence-corrected chi connectivity index (χ0v) is 18.0. The van der Waals surface area contributed by atoms with Gasteiger partial charge in [0.05, 0.1) is 17.4 Å². The van der Waals surface area contributed by atoms with Crippen molar-refractivity contribution in [3.8, 4) is 0 Å². The van der Waals surface area contributed by atoms with Crippen LogP contribution in [0.4, 0.5) is 11.4 Å². The van der Waals surface area contributed by atoms with Crippen LogP contribution in [0, 0.1) is 5.92 Å². The van der Waals surface area contributed by atoms with E-state index in [1.807, 2.05) is 48.5 Å². The maximum atomic E-state index is 13.5. The first-order chi connectivity index (χ1) is 14.5. The zero-order valence-electron chi connectivity index (χ0n) is 15.6. The van der Waals surface area contributed by atoms with Crippen molar-refractivity contribution in [1.82, 2.24) is 0 Å². The zero-order chi connectivity index (χ0) is 20.8. The monoisotopic (exact) mass is 482 g/mol. The molecule has 2 heterocycles. The Labute approximate surface area is 186 Å². The summed E-state index contributed by atoms with van der Waals surface area (Å²) >= 11 is 9.48. The van der Waals surface area contributed by atoms with Gasteiger partial charge in [0.25, 0.3) is 5.91 Å². The molecule has 7 heteroatoms. The SMILES string of the molecule is O=C1C2ON(c3ccccc3)C(c3ccc(Cl)cc3)C2C(=O)N1c1cccc(Br)c1. The second kappa shape index (κ2) is 7.54. The number of fused-ring (bicyclic) bond motifs is 1. The van der Waals surface area contributed by atoms with Gasteiger partial charge >= 0.3 is 0 Å². The number of nitrogens with zero attached hydrogens (tertiary/aromatic N) is 2. The Bertz CT molecular complexity index is 1120. The molecule has 0 spiro atoms. The Balaban J connectivity index is 1.59. The van der Waals surface area contributed by atoms with Gasteiger partial charge in [-0.3, -0.25) is 14.4 Å². The van der Waals surface area contributed by atoms with E-state index in [1.165, 1.54) is 4.90 Å². The Morgan fingerprint density at radius 2 is 1.53 bits per heavy atom. The predicted octanol–water partition coefficient (Wildman–Crippen LogP) is 5.15. The third-order valence-corrected chi connectivity index (χ3v) is 6.15. The Morgan fingerprint density at radius 3 is 2.23 bits per heavy atom. The molecular weight excluding hydrogens is 468 g/mol. The highest BCUT2D eigenvalue weighted by molar-refractivity contribution is 9.10.